The Labute approximate surface area is 161 Å². The number of furan rings is 1. The van der Waals surface area contributed by atoms with Crippen molar-refractivity contribution in [2.45, 2.75) is 18.9 Å². The Hall–Kier alpha value is -3.26. The smallest absolute Gasteiger partial charge is 0.264 e. The number of hydrogen-bond donors (Lipinski definition) is 2. The number of nitrogens with one attached hydrogen (secondary N) is 2. The van der Waals surface area contributed by atoms with Crippen molar-refractivity contribution >= 4 is 5.91 Å². The molecule has 0 bridgehead atoms. The summed E-state index contributed by atoms with van der Waals surface area (Å²) in [5.74, 6) is 0.752. The fourth-order valence-corrected chi connectivity index (χ4v) is 3.44. The van der Waals surface area contributed by atoms with Crippen LogP contribution in [-0.4, -0.2) is 45.4 Å². The molecular weight excluding hydrogens is 358 g/mol. The minimum absolute atomic E-state index is 0.0163. The van der Waals surface area contributed by atoms with E-state index in [2.05, 4.69) is 25.2 Å². The third kappa shape index (κ3) is 3.86. The summed E-state index contributed by atoms with van der Waals surface area (Å²) in [6.07, 6.45) is 8.43. The molecule has 1 saturated heterocycles. The zero-order valence-electron chi connectivity index (χ0n) is 15.3. The van der Waals surface area contributed by atoms with Gasteiger partial charge in [0.1, 0.15) is 17.1 Å². The largest absolute Gasteiger partial charge is 0.468 e. The molecule has 8 heteroatoms. The summed E-state index contributed by atoms with van der Waals surface area (Å²) >= 11 is 0. The van der Waals surface area contributed by atoms with Crippen molar-refractivity contribution in [1.29, 1.82) is 0 Å². The van der Waals surface area contributed by atoms with Gasteiger partial charge in [-0.1, -0.05) is 0 Å². The van der Waals surface area contributed by atoms with Crippen molar-refractivity contribution in [1.82, 2.24) is 25.2 Å². The van der Waals surface area contributed by atoms with Gasteiger partial charge in [-0.15, -0.1) is 0 Å². The van der Waals surface area contributed by atoms with Crippen LogP contribution in [0.15, 0.2) is 58.3 Å². The number of H-pyrrole nitrogens is 1. The second-order valence-corrected chi connectivity index (χ2v) is 6.69. The summed E-state index contributed by atoms with van der Waals surface area (Å²) in [6, 6.07) is 7.17. The minimum Gasteiger partial charge on any atom is -0.468 e. The number of amides is 1. The molecule has 1 fully saturated rings. The van der Waals surface area contributed by atoms with E-state index < -0.39 is 11.5 Å². The third-order valence-electron chi connectivity index (χ3n) is 4.91. The van der Waals surface area contributed by atoms with Crippen LogP contribution < -0.4 is 10.9 Å². The van der Waals surface area contributed by atoms with Gasteiger partial charge < -0.3 is 14.7 Å². The molecule has 4 heterocycles. The lowest BCUT2D eigenvalue weighted by atomic mass is 10.2. The first-order chi connectivity index (χ1) is 13.7. The Morgan fingerprint density at radius 3 is 2.71 bits per heavy atom. The number of pyridine rings is 1. The minimum atomic E-state index is -0.477. The molecular formula is C20H21N5O3. The van der Waals surface area contributed by atoms with Gasteiger partial charge >= 0.3 is 0 Å². The number of likely N-dealkylation sites (tertiary alicyclic amines) is 1. The van der Waals surface area contributed by atoms with Gasteiger partial charge in [0.05, 0.1) is 12.3 Å². The van der Waals surface area contributed by atoms with Crippen LogP contribution in [0.5, 0.6) is 0 Å². The Balaban J connectivity index is 1.48. The van der Waals surface area contributed by atoms with E-state index in [4.69, 9.17) is 4.42 Å². The van der Waals surface area contributed by atoms with E-state index >= 15 is 0 Å². The van der Waals surface area contributed by atoms with Crippen molar-refractivity contribution in [3.8, 4) is 11.4 Å². The average Bonchev–Trinajstić information content (AvgIpc) is 3.43. The van der Waals surface area contributed by atoms with Crippen molar-refractivity contribution in [2.24, 2.45) is 0 Å². The van der Waals surface area contributed by atoms with Gasteiger partial charge in [-0.2, -0.15) is 0 Å². The fraction of sp³-hybridized carbons (Fsp3) is 0.300. The van der Waals surface area contributed by atoms with E-state index in [9.17, 15) is 9.59 Å². The predicted octanol–water partition coefficient (Wildman–Crippen LogP) is 1.99. The van der Waals surface area contributed by atoms with Crippen LogP contribution >= 0.6 is 0 Å². The topological polar surface area (TPSA) is 104 Å². The maximum atomic E-state index is 12.6. The molecule has 0 saturated carbocycles. The lowest BCUT2D eigenvalue weighted by molar-refractivity contribution is 0.0932. The molecule has 3 aromatic rings. The number of carbonyl (C=O) groups excluding carboxylic acids is 1. The molecule has 0 radical (unpaired) electrons. The first-order valence-corrected chi connectivity index (χ1v) is 9.28. The van der Waals surface area contributed by atoms with E-state index in [1.54, 1.807) is 30.8 Å². The van der Waals surface area contributed by atoms with Crippen LogP contribution in [0.25, 0.3) is 11.4 Å². The Morgan fingerprint density at radius 2 is 2.04 bits per heavy atom. The average molecular weight is 379 g/mol. The molecule has 28 heavy (non-hydrogen) atoms. The van der Waals surface area contributed by atoms with Gasteiger partial charge in [-0.3, -0.25) is 19.5 Å². The molecule has 1 aliphatic heterocycles. The molecule has 8 nitrogen and oxygen atoms in total. The highest BCUT2D eigenvalue weighted by Crippen LogP contribution is 2.24. The van der Waals surface area contributed by atoms with E-state index in [0.29, 0.717) is 12.4 Å². The SMILES string of the molecule is O=C(NC[C@H](c1ccco1)N1CCCC1)c1cnc(-c2ccncc2)[nH]c1=O. The number of nitrogens with zero attached hydrogens (tertiary/aromatic N) is 3. The predicted molar refractivity (Wildman–Crippen MR) is 103 cm³/mol. The summed E-state index contributed by atoms with van der Waals surface area (Å²) in [6.45, 7) is 2.28. The number of rotatable bonds is 6. The zero-order chi connectivity index (χ0) is 19.3. The highest BCUT2D eigenvalue weighted by atomic mass is 16.3. The maximum absolute atomic E-state index is 12.6. The van der Waals surface area contributed by atoms with E-state index in [1.807, 2.05) is 12.1 Å². The Kier molecular flexibility index (Phi) is 5.29. The molecule has 1 aliphatic rings. The standard InChI is InChI=1S/C20H21N5O3/c26-19(15-12-22-18(24-20(15)27)14-5-7-21-8-6-14)23-13-16(17-4-3-11-28-17)25-9-1-2-10-25/h3-8,11-12,16H,1-2,9-10,13H2,(H,23,26)(H,22,24,27)/t16-/m1/s1. The molecule has 3 aromatic heterocycles. The van der Waals surface area contributed by atoms with Crippen molar-refractivity contribution in [3.05, 3.63) is 70.8 Å². The van der Waals surface area contributed by atoms with Gasteiger partial charge in [0.15, 0.2) is 0 Å². The van der Waals surface area contributed by atoms with Gasteiger partial charge in [-0.05, 0) is 50.2 Å². The molecule has 0 unspecified atom stereocenters. The van der Waals surface area contributed by atoms with Crippen LogP contribution in [0.3, 0.4) is 0 Å². The van der Waals surface area contributed by atoms with Gasteiger partial charge in [0.2, 0.25) is 0 Å². The van der Waals surface area contributed by atoms with E-state index in [1.165, 1.54) is 6.20 Å². The lowest BCUT2D eigenvalue weighted by Crippen LogP contribution is -2.38. The molecule has 0 aromatic carbocycles. The second kappa shape index (κ2) is 8.18. The summed E-state index contributed by atoms with van der Waals surface area (Å²) in [5.41, 5.74) is 0.235. The van der Waals surface area contributed by atoms with Gasteiger partial charge in [0, 0.05) is 30.7 Å². The van der Waals surface area contributed by atoms with Crippen LogP contribution in [0.2, 0.25) is 0 Å². The molecule has 1 atom stereocenters. The monoisotopic (exact) mass is 379 g/mol. The molecule has 4 rings (SSSR count). The Bertz CT molecular complexity index is 979. The molecule has 1 amide bonds. The molecule has 0 spiro atoms. The number of carbonyl (C=O) groups is 1. The van der Waals surface area contributed by atoms with Gasteiger partial charge in [0.25, 0.3) is 11.5 Å². The zero-order valence-corrected chi connectivity index (χ0v) is 15.3. The van der Waals surface area contributed by atoms with Crippen LogP contribution in [0.1, 0.15) is 35.0 Å². The van der Waals surface area contributed by atoms with Crippen molar-refractivity contribution < 1.29 is 9.21 Å². The number of aromatic nitrogens is 3. The number of hydrogen-bond acceptors (Lipinski definition) is 6. The van der Waals surface area contributed by atoms with Crippen molar-refractivity contribution in [3.63, 3.8) is 0 Å². The summed E-state index contributed by atoms with van der Waals surface area (Å²) < 4.78 is 5.56. The Morgan fingerprint density at radius 1 is 1.25 bits per heavy atom. The van der Waals surface area contributed by atoms with Crippen molar-refractivity contribution in [2.75, 3.05) is 19.6 Å². The summed E-state index contributed by atoms with van der Waals surface area (Å²) in [4.78, 5) is 38.1. The first-order valence-electron chi connectivity index (χ1n) is 9.28. The van der Waals surface area contributed by atoms with Crippen LogP contribution in [0, 0.1) is 0 Å². The summed E-state index contributed by atoms with van der Waals surface area (Å²) in [5, 5.41) is 2.85. The fourth-order valence-electron chi connectivity index (χ4n) is 3.44. The normalized spacial score (nSPS) is 15.4. The number of aromatic amines is 1. The summed E-state index contributed by atoms with van der Waals surface area (Å²) in [7, 11) is 0. The lowest BCUT2D eigenvalue weighted by Gasteiger charge is -2.25. The molecule has 0 aliphatic carbocycles. The highest BCUT2D eigenvalue weighted by Gasteiger charge is 2.26. The van der Waals surface area contributed by atoms with E-state index in [-0.39, 0.29) is 11.6 Å². The highest BCUT2D eigenvalue weighted by molar-refractivity contribution is 5.93. The quantitative estimate of drug-likeness (QED) is 0.679. The van der Waals surface area contributed by atoms with Crippen LogP contribution in [0.4, 0.5) is 0 Å². The van der Waals surface area contributed by atoms with E-state index in [0.717, 1.165) is 37.3 Å². The maximum Gasteiger partial charge on any atom is 0.264 e. The third-order valence-corrected chi connectivity index (χ3v) is 4.91. The first kappa shape index (κ1) is 18.1. The second-order valence-electron chi connectivity index (χ2n) is 6.69. The molecule has 144 valence electrons. The molecule has 2 N–H and O–H groups in total. The van der Waals surface area contributed by atoms with Crippen LogP contribution in [-0.2, 0) is 0 Å². The van der Waals surface area contributed by atoms with Gasteiger partial charge in [-0.25, -0.2) is 4.98 Å².